The molecule has 1 aromatic heterocycles. The van der Waals surface area contributed by atoms with Crippen molar-refractivity contribution < 1.29 is 4.79 Å². The fourth-order valence-corrected chi connectivity index (χ4v) is 7.42. The molecule has 4 heterocycles. The third kappa shape index (κ3) is 6.12. The molecule has 5 nitrogen and oxygen atoms in total. The summed E-state index contributed by atoms with van der Waals surface area (Å²) in [5, 5.41) is 3.10. The Morgan fingerprint density at radius 1 is 1.00 bits per heavy atom. The van der Waals surface area contributed by atoms with Crippen molar-refractivity contribution in [2.45, 2.75) is 44.3 Å². The minimum absolute atomic E-state index is 0.169. The van der Waals surface area contributed by atoms with E-state index >= 15 is 0 Å². The number of rotatable bonds is 5. The number of aromatic nitrogens is 1. The number of nitrogens with zero attached hydrogens (tertiary/aromatic N) is 3. The molecule has 4 rings (SSSR count). The van der Waals surface area contributed by atoms with Gasteiger partial charge in [-0.3, -0.25) is 14.7 Å². The van der Waals surface area contributed by atoms with E-state index in [0.717, 1.165) is 43.6 Å². The number of carbonyl (C=O) groups is 1. The lowest BCUT2D eigenvalue weighted by Crippen LogP contribution is -2.51. The molecule has 1 amide bonds. The predicted octanol–water partition coefficient (Wildman–Crippen LogP) is 2.72. The quantitative estimate of drug-likeness (QED) is 0.769. The molecule has 3 aliphatic heterocycles. The lowest BCUT2D eigenvalue weighted by atomic mass is 9.92. The first-order valence-electron chi connectivity index (χ1n) is 11.1. The summed E-state index contributed by atoms with van der Waals surface area (Å²) in [5.41, 5.74) is 1.07. The summed E-state index contributed by atoms with van der Waals surface area (Å²) in [5.74, 6) is 5.66. The van der Waals surface area contributed by atoms with Gasteiger partial charge in [-0.1, -0.05) is 6.07 Å². The second kappa shape index (κ2) is 11.0. The molecule has 0 aromatic carbocycles. The van der Waals surface area contributed by atoms with E-state index in [9.17, 15) is 4.79 Å². The van der Waals surface area contributed by atoms with Crippen LogP contribution in [0.2, 0.25) is 0 Å². The Morgan fingerprint density at radius 2 is 1.66 bits per heavy atom. The van der Waals surface area contributed by atoms with E-state index in [1.807, 2.05) is 18.3 Å². The van der Waals surface area contributed by atoms with Gasteiger partial charge < -0.3 is 10.2 Å². The molecule has 0 unspecified atom stereocenters. The van der Waals surface area contributed by atoms with Crippen molar-refractivity contribution in [1.29, 1.82) is 0 Å². The second-order valence-electron chi connectivity index (χ2n) is 8.46. The Bertz CT molecular complexity index is 623. The molecule has 29 heavy (non-hydrogen) atoms. The average Bonchev–Trinajstić information content (AvgIpc) is 3.08. The molecule has 0 spiro atoms. The van der Waals surface area contributed by atoms with E-state index in [1.165, 1.54) is 48.9 Å². The molecule has 3 aliphatic rings. The van der Waals surface area contributed by atoms with E-state index in [4.69, 9.17) is 0 Å². The standard InChI is InChI=1S/C22H34N4OS2/c27-22(24-15-18-2-1-7-23-14-18)19-3-8-25(9-4-19)20-5-10-26(11-6-20)21-16-28-12-13-29-17-21/h1-2,7,14,19-21H,3-6,8-13,15-17H2,(H,24,27). The summed E-state index contributed by atoms with van der Waals surface area (Å²) >= 11 is 4.27. The van der Waals surface area contributed by atoms with Gasteiger partial charge in [-0.05, 0) is 63.5 Å². The van der Waals surface area contributed by atoms with Gasteiger partial charge >= 0.3 is 0 Å². The van der Waals surface area contributed by atoms with Crippen LogP contribution in [0.3, 0.4) is 0 Å². The monoisotopic (exact) mass is 434 g/mol. The minimum Gasteiger partial charge on any atom is -0.352 e. The van der Waals surface area contributed by atoms with Crippen molar-refractivity contribution in [2.24, 2.45) is 5.92 Å². The smallest absolute Gasteiger partial charge is 0.223 e. The molecular weight excluding hydrogens is 400 g/mol. The number of pyridine rings is 1. The largest absolute Gasteiger partial charge is 0.352 e. The Hall–Kier alpha value is -0.760. The van der Waals surface area contributed by atoms with Crippen LogP contribution >= 0.6 is 23.5 Å². The zero-order valence-electron chi connectivity index (χ0n) is 17.3. The number of hydrogen-bond acceptors (Lipinski definition) is 6. The summed E-state index contributed by atoms with van der Waals surface area (Å²) in [6, 6.07) is 5.42. The van der Waals surface area contributed by atoms with Gasteiger partial charge in [0.05, 0.1) is 0 Å². The Labute approximate surface area is 183 Å². The summed E-state index contributed by atoms with van der Waals surface area (Å²) < 4.78 is 0. The molecule has 7 heteroatoms. The van der Waals surface area contributed by atoms with E-state index in [0.29, 0.717) is 6.54 Å². The Balaban J connectivity index is 1.17. The van der Waals surface area contributed by atoms with Crippen LogP contribution in [0.15, 0.2) is 24.5 Å². The van der Waals surface area contributed by atoms with E-state index < -0.39 is 0 Å². The van der Waals surface area contributed by atoms with Gasteiger partial charge in [0.15, 0.2) is 0 Å². The Kier molecular flexibility index (Phi) is 8.17. The maximum absolute atomic E-state index is 12.5. The number of amides is 1. The molecule has 3 saturated heterocycles. The van der Waals surface area contributed by atoms with Crippen molar-refractivity contribution >= 4 is 29.4 Å². The lowest BCUT2D eigenvalue weighted by Gasteiger charge is -2.43. The third-order valence-corrected chi connectivity index (χ3v) is 9.10. The van der Waals surface area contributed by atoms with Crippen LogP contribution < -0.4 is 5.32 Å². The van der Waals surface area contributed by atoms with Crippen LogP contribution in [0.5, 0.6) is 0 Å². The molecule has 1 N–H and O–H groups in total. The van der Waals surface area contributed by atoms with E-state index in [1.54, 1.807) is 6.20 Å². The second-order valence-corrected chi connectivity index (χ2v) is 10.8. The molecule has 0 saturated carbocycles. The van der Waals surface area contributed by atoms with Crippen LogP contribution in [0.4, 0.5) is 0 Å². The number of likely N-dealkylation sites (tertiary alicyclic amines) is 2. The first kappa shape index (κ1) is 21.5. The molecule has 0 aliphatic carbocycles. The SMILES string of the molecule is O=C(NCc1cccnc1)C1CCN(C2CCN(C3CSCCSC3)CC2)CC1. The van der Waals surface area contributed by atoms with Crippen molar-refractivity contribution in [1.82, 2.24) is 20.1 Å². The van der Waals surface area contributed by atoms with Crippen molar-refractivity contribution in [3.05, 3.63) is 30.1 Å². The van der Waals surface area contributed by atoms with Gasteiger partial charge in [0.1, 0.15) is 0 Å². The van der Waals surface area contributed by atoms with E-state index in [2.05, 4.69) is 43.6 Å². The molecule has 1 aromatic rings. The number of hydrogen-bond donors (Lipinski definition) is 1. The minimum atomic E-state index is 0.169. The Morgan fingerprint density at radius 3 is 2.31 bits per heavy atom. The van der Waals surface area contributed by atoms with Crippen LogP contribution in [0, 0.1) is 5.92 Å². The van der Waals surface area contributed by atoms with E-state index in [-0.39, 0.29) is 11.8 Å². The number of nitrogens with one attached hydrogen (secondary N) is 1. The highest BCUT2D eigenvalue weighted by molar-refractivity contribution is 8.03. The number of thioether (sulfide) groups is 2. The van der Waals surface area contributed by atoms with Gasteiger partial charge in [-0.25, -0.2) is 0 Å². The first-order chi connectivity index (χ1) is 14.3. The highest BCUT2D eigenvalue weighted by atomic mass is 32.2. The zero-order valence-corrected chi connectivity index (χ0v) is 18.9. The summed E-state index contributed by atoms with van der Waals surface area (Å²) in [4.78, 5) is 22.1. The van der Waals surface area contributed by atoms with Crippen molar-refractivity contribution in [3.8, 4) is 0 Å². The summed E-state index contributed by atoms with van der Waals surface area (Å²) in [6.45, 7) is 5.24. The summed E-state index contributed by atoms with van der Waals surface area (Å²) in [7, 11) is 0. The molecule has 0 bridgehead atoms. The summed E-state index contributed by atoms with van der Waals surface area (Å²) in [6.07, 6.45) is 8.17. The van der Waals surface area contributed by atoms with Crippen LogP contribution in [0.1, 0.15) is 31.2 Å². The van der Waals surface area contributed by atoms with Gasteiger partial charge in [0.2, 0.25) is 5.91 Å². The normalized spacial score (nSPS) is 24.3. The van der Waals surface area contributed by atoms with Crippen molar-refractivity contribution in [3.63, 3.8) is 0 Å². The molecule has 3 fully saturated rings. The molecule has 160 valence electrons. The third-order valence-electron chi connectivity index (χ3n) is 6.61. The highest BCUT2D eigenvalue weighted by Gasteiger charge is 2.32. The van der Waals surface area contributed by atoms with Gasteiger partial charge in [0, 0.05) is 60.0 Å². The molecule has 0 atom stereocenters. The zero-order chi connectivity index (χ0) is 19.9. The molecule has 0 radical (unpaired) electrons. The highest BCUT2D eigenvalue weighted by Crippen LogP contribution is 2.27. The molecular formula is C22H34N4OS2. The maximum Gasteiger partial charge on any atom is 0.223 e. The average molecular weight is 435 g/mol. The van der Waals surface area contributed by atoms with Crippen LogP contribution in [-0.4, -0.2) is 82.0 Å². The number of piperidine rings is 2. The fourth-order valence-electron chi connectivity index (χ4n) is 4.79. The van der Waals surface area contributed by atoms with Crippen LogP contribution in [0.25, 0.3) is 0 Å². The van der Waals surface area contributed by atoms with Crippen LogP contribution in [-0.2, 0) is 11.3 Å². The topological polar surface area (TPSA) is 48.5 Å². The lowest BCUT2D eigenvalue weighted by molar-refractivity contribution is -0.126. The number of carbonyl (C=O) groups excluding carboxylic acids is 1. The predicted molar refractivity (Wildman–Crippen MR) is 123 cm³/mol. The van der Waals surface area contributed by atoms with Gasteiger partial charge in [-0.15, -0.1) is 0 Å². The van der Waals surface area contributed by atoms with Gasteiger partial charge in [-0.2, -0.15) is 23.5 Å². The fraction of sp³-hybridized carbons (Fsp3) is 0.727. The van der Waals surface area contributed by atoms with Crippen molar-refractivity contribution in [2.75, 3.05) is 49.2 Å². The maximum atomic E-state index is 12.5. The first-order valence-corrected chi connectivity index (χ1v) is 13.4. The van der Waals surface area contributed by atoms with Gasteiger partial charge in [0.25, 0.3) is 0 Å².